The number of hydrogen-bond donors (Lipinski definition) is 2. The van der Waals surface area contributed by atoms with Gasteiger partial charge >= 0.3 is 0 Å². The van der Waals surface area contributed by atoms with Crippen LogP contribution in [0.1, 0.15) is 38.5 Å². The Kier molecular flexibility index (Phi) is 4.74. The van der Waals surface area contributed by atoms with E-state index < -0.39 is 9.96 Å². The topological polar surface area (TPSA) is 54.0 Å². The van der Waals surface area contributed by atoms with Crippen LogP contribution >= 0.6 is 46.1 Å². The van der Waals surface area contributed by atoms with E-state index in [1.165, 1.54) is 30.6 Å². The Balaban J connectivity index is 1.36. The van der Waals surface area contributed by atoms with Crippen LogP contribution in [-0.2, 0) is 4.79 Å². The lowest BCUT2D eigenvalue weighted by Gasteiger charge is -2.56. The summed E-state index contributed by atoms with van der Waals surface area (Å²) in [6.45, 7) is 0. The van der Waals surface area contributed by atoms with Crippen LogP contribution in [0.5, 0.6) is 0 Å². The maximum Gasteiger partial charge on any atom is 0.228 e. The van der Waals surface area contributed by atoms with Crippen molar-refractivity contribution in [3.63, 3.8) is 0 Å². The number of carbonyl (C=O) groups is 1. The number of alkyl halides is 3. The van der Waals surface area contributed by atoms with Gasteiger partial charge in [0.15, 0.2) is 5.13 Å². The molecule has 28 heavy (non-hydrogen) atoms. The number of para-hydroxylation sites is 1. The quantitative estimate of drug-likeness (QED) is 0.454. The summed E-state index contributed by atoms with van der Waals surface area (Å²) < 4.78 is -0.643. The van der Waals surface area contributed by atoms with Crippen LogP contribution in [0.25, 0.3) is 10.2 Å². The fourth-order valence-corrected chi connectivity index (χ4v) is 7.15. The second-order valence-corrected chi connectivity index (χ2v) is 12.2. The molecule has 0 aliphatic heterocycles. The van der Waals surface area contributed by atoms with E-state index in [0.717, 1.165) is 29.5 Å². The van der Waals surface area contributed by atoms with Crippen molar-refractivity contribution in [2.24, 2.45) is 23.2 Å². The summed E-state index contributed by atoms with van der Waals surface area (Å²) >= 11 is 20.2. The van der Waals surface area contributed by atoms with Crippen molar-refractivity contribution < 1.29 is 4.79 Å². The minimum absolute atomic E-state index is 0.0246. The van der Waals surface area contributed by atoms with Gasteiger partial charge in [0.2, 0.25) is 9.70 Å². The largest absolute Gasteiger partial charge is 0.338 e. The monoisotopic (exact) mass is 457 g/mol. The average Bonchev–Trinajstić information content (AvgIpc) is 3.01. The Morgan fingerprint density at radius 3 is 2.29 bits per heavy atom. The molecule has 0 spiro atoms. The molecule has 0 radical (unpaired) electrons. The average molecular weight is 459 g/mol. The number of fused-ring (bicyclic) bond motifs is 1. The van der Waals surface area contributed by atoms with Gasteiger partial charge < -0.3 is 10.6 Å². The fourth-order valence-electron chi connectivity index (χ4n) is 5.93. The van der Waals surface area contributed by atoms with Crippen molar-refractivity contribution in [3.05, 3.63) is 24.3 Å². The maximum absolute atomic E-state index is 13.4. The molecule has 1 amide bonds. The van der Waals surface area contributed by atoms with Crippen LogP contribution in [-0.4, -0.2) is 20.8 Å². The van der Waals surface area contributed by atoms with E-state index in [1.807, 2.05) is 24.3 Å². The first-order chi connectivity index (χ1) is 13.3. The van der Waals surface area contributed by atoms with E-state index in [9.17, 15) is 4.79 Å². The highest BCUT2D eigenvalue weighted by atomic mass is 35.6. The molecule has 4 aliphatic rings. The van der Waals surface area contributed by atoms with E-state index in [0.29, 0.717) is 22.9 Å². The summed E-state index contributed by atoms with van der Waals surface area (Å²) in [6.07, 6.45) is 5.92. The molecule has 6 rings (SSSR count). The normalized spacial score (nSPS) is 32.5. The van der Waals surface area contributed by atoms with Crippen LogP contribution in [0, 0.1) is 23.2 Å². The van der Waals surface area contributed by atoms with E-state index in [2.05, 4.69) is 15.6 Å². The van der Waals surface area contributed by atoms with Crippen LogP contribution in [0.3, 0.4) is 0 Å². The van der Waals surface area contributed by atoms with Gasteiger partial charge in [0.25, 0.3) is 0 Å². The molecule has 4 saturated carbocycles. The number of rotatable bonds is 4. The molecule has 4 bridgehead atoms. The van der Waals surface area contributed by atoms with E-state index >= 15 is 0 Å². The van der Waals surface area contributed by atoms with Gasteiger partial charge in [-0.2, -0.15) is 0 Å². The van der Waals surface area contributed by atoms with Crippen molar-refractivity contribution in [2.45, 2.75) is 48.5 Å². The predicted molar refractivity (Wildman–Crippen MR) is 116 cm³/mol. The standard InChI is InChI=1S/C20H22Cl3N3OS/c21-20(22,23)16(26-18-24-14-3-1-2-4-15(14)28-18)25-17(27)19-8-11-5-12(9-19)7-13(6-11)10-19/h1-4,11-13,16H,5-10H2,(H,24,26)(H,25,27). The molecule has 1 unspecified atom stereocenters. The van der Waals surface area contributed by atoms with Crippen LogP contribution in [0.4, 0.5) is 5.13 Å². The highest BCUT2D eigenvalue weighted by Gasteiger charge is 2.55. The third-order valence-electron chi connectivity index (χ3n) is 6.68. The first-order valence-corrected chi connectivity index (χ1v) is 11.8. The maximum atomic E-state index is 13.4. The lowest BCUT2D eigenvalue weighted by Crippen LogP contribution is -2.58. The summed E-state index contributed by atoms with van der Waals surface area (Å²) in [5.41, 5.74) is 0.587. The molecule has 1 heterocycles. The summed E-state index contributed by atoms with van der Waals surface area (Å²) in [4.78, 5) is 17.9. The van der Waals surface area contributed by atoms with Crippen LogP contribution in [0.2, 0.25) is 0 Å². The molecule has 4 fully saturated rings. The number of aromatic nitrogens is 1. The van der Waals surface area contributed by atoms with Crippen LogP contribution in [0.15, 0.2) is 24.3 Å². The Morgan fingerprint density at radius 2 is 1.71 bits per heavy atom. The SMILES string of the molecule is O=C(NC(Nc1nc2ccccc2s1)C(Cl)(Cl)Cl)C12CC3CC(CC(C3)C1)C2. The third-order valence-corrected chi connectivity index (χ3v) is 8.31. The number of amides is 1. The first kappa shape index (κ1) is 19.2. The van der Waals surface area contributed by atoms with Crippen molar-refractivity contribution in [2.75, 3.05) is 5.32 Å². The molecule has 0 saturated heterocycles. The summed E-state index contributed by atoms with van der Waals surface area (Å²) in [7, 11) is 0. The molecule has 8 heteroatoms. The predicted octanol–water partition coefficient (Wildman–Crippen LogP) is 5.74. The van der Waals surface area contributed by atoms with Crippen molar-refractivity contribution in [3.8, 4) is 0 Å². The Morgan fingerprint density at radius 1 is 1.11 bits per heavy atom. The lowest BCUT2D eigenvalue weighted by atomic mass is 9.49. The molecule has 4 nitrogen and oxygen atoms in total. The number of thiazole rings is 1. The van der Waals surface area contributed by atoms with Gasteiger partial charge in [-0.15, -0.1) is 0 Å². The van der Waals surface area contributed by atoms with Gasteiger partial charge in [-0.05, 0) is 68.4 Å². The van der Waals surface area contributed by atoms with E-state index in [1.54, 1.807) is 0 Å². The van der Waals surface area contributed by atoms with E-state index in [4.69, 9.17) is 34.8 Å². The zero-order chi connectivity index (χ0) is 19.5. The molecule has 2 N–H and O–H groups in total. The second kappa shape index (κ2) is 6.90. The zero-order valence-corrected chi connectivity index (χ0v) is 18.3. The minimum Gasteiger partial charge on any atom is -0.338 e. The van der Waals surface area contributed by atoms with Gasteiger partial charge in [0.05, 0.1) is 15.6 Å². The zero-order valence-electron chi connectivity index (χ0n) is 15.3. The molecular formula is C20H22Cl3N3OS. The van der Waals surface area contributed by atoms with Crippen molar-refractivity contribution in [1.82, 2.24) is 10.3 Å². The number of hydrogen-bond acceptors (Lipinski definition) is 4. The number of halogens is 3. The van der Waals surface area contributed by atoms with Gasteiger partial charge in [0, 0.05) is 0 Å². The Bertz CT molecular complexity index is 841. The molecule has 4 aliphatic carbocycles. The van der Waals surface area contributed by atoms with Gasteiger partial charge in [-0.3, -0.25) is 4.79 Å². The summed E-state index contributed by atoms with van der Waals surface area (Å²) in [5, 5.41) is 6.81. The molecule has 1 aromatic heterocycles. The molecule has 1 aromatic carbocycles. The molecule has 1 atom stereocenters. The Labute approximate surface area is 183 Å². The van der Waals surface area contributed by atoms with Crippen LogP contribution < -0.4 is 10.6 Å². The van der Waals surface area contributed by atoms with Gasteiger partial charge in [0.1, 0.15) is 6.17 Å². The highest BCUT2D eigenvalue weighted by molar-refractivity contribution is 7.22. The van der Waals surface area contributed by atoms with Crippen molar-refractivity contribution >= 4 is 67.4 Å². The Hall–Kier alpha value is -0.750. The van der Waals surface area contributed by atoms with Gasteiger partial charge in [-0.25, -0.2) is 4.98 Å². The third kappa shape index (κ3) is 3.49. The number of nitrogens with zero attached hydrogens (tertiary/aromatic N) is 1. The summed E-state index contributed by atoms with van der Waals surface area (Å²) in [6, 6.07) is 7.84. The minimum atomic E-state index is -1.68. The number of anilines is 1. The number of nitrogens with one attached hydrogen (secondary N) is 2. The lowest BCUT2D eigenvalue weighted by molar-refractivity contribution is -0.146. The smallest absolute Gasteiger partial charge is 0.228 e. The molecule has 150 valence electrons. The van der Waals surface area contributed by atoms with E-state index in [-0.39, 0.29) is 11.3 Å². The second-order valence-electron chi connectivity index (χ2n) is 8.78. The molecule has 2 aromatic rings. The highest BCUT2D eigenvalue weighted by Crippen LogP contribution is 2.60. The van der Waals surface area contributed by atoms with Crippen molar-refractivity contribution in [1.29, 1.82) is 0 Å². The summed E-state index contributed by atoms with van der Waals surface area (Å²) in [5.74, 6) is 2.07. The molecular weight excluding hydrogens is 437 g/mol. The fraction of sp³-hybridized carbons (Fsp3) is 0.600. The van der Waals surface area contributed by atoms with Gasteiger partial charge in [-0.1, -0.05) is 58.3 Å². The number of carbonyl (C=O) groups excluding carboxylic acids is 1. The number of benzene rings is 1. The first-order valence-electron chi connectivity index (χ1n) is 9.80.